The summed E-state index contributed by atoms with van der Waals surface area (Å²) < 4.78 is 10.9. The number of nitrogens with one attached hydrogen (secondary N) is 1. The summed E-state index contributed by atoms with van der Waals surface area (Å²) in [6.07, 6.45) is 3.03. The van der Waals surface area contributed by atoms with E-state index in [1.165, 1.54) is 0 Å². The fourth-order valence-electron chi connectivity index (χ4n) is 3.12. The molecule has 0 fully saturated rings. The monoisotopic (exact) mass is 337 g/mol. The number of para-hydroxylation sites is 2. The number of methoxy groups -OCH3 is 1. The lowest BCUT2D eigenvalue weighted by Gasteiger charge is -2.24. The van der Waals surface area contributed by atoms with E-state index in [-0.39, 0.29) is 11.7 Å². The summed E-state index contributed by atoms with van der Waals surface area (Å²) in [6.45, 7) is 2.56. The fraction of sp³-hybridized carbons (Fsp3) is 0.286. The van der Waals surface area contributed by atoms with E-state index in [2.05, 4.69) is 5.32 Å². The number of anilines is 1. The number of carbonyl (C=O) groups is 1. The van der Waals surface area contributed by atoms with Crippen molar-refractivity contribution >= 4 is 11.5 Å². The van der Waals surface area contributed by atoms with Crippen LogP contribution in [-0.4, -0.2) is 19.5 Å². The van der Waals surface area contributed by atoms with Crippen molar-refractivity contribution in [2.75, 3.05) is 19.0 Å². The molecule has 1 unspecified atom stereocenters. The number of hydrogen-bond acceptors (Lipinski definition) is 4. The first-order chi connectivity index (χ1) is 12.2. The van der Waals surface area contributed by atoms with Crippen molar-refractivity contribution in [2.24, 2.45) is 0 Å². The molecule has 0 heterocycles. The lowest BCUT2D eigenvalue weighted by Crippen LogP contribution is -2.17. The van der Waals surface area contributed by atoms with Gasteiger partial charge in [-0.15, -0.1) is 0 Å². The smallest absolute Gasteiger partial charge is 0.158 e. The van der Waals surface area contributed by atoms with Gasteiger partial charge in [-0.3, -0.25) is 4.79 Å². The summed E-state index contributed by atoms with van der Waals surface area (Å²) in [4.78, 5) is 12.2. The van der Waals surface area contributed by atoms with Gasteiger partial charge in [0.1, 0.15) is 11.5 Å². The molecule has 3 rings (SSSR count). The SMILES string of the molecule is CCOc1ccccc1NC1=CC(=O)CC(c2ccc(OC)cc2)C1. The molecule has 1 aliphatic rings. The number of rotatable bonds is 6. The van der Waals surface area contributed by atoms with E-state index < -0.39 is 0 Å². The van der Waals surface area contributed by atoms with E-state index in [4.69, 9.17) is 9.47 Å². The molecular weight excluding hydrogens is 314 g/mol. The van der Waals surface area contributed by atoms with E-state index in [1.54, 1.807) is 13.2 Å². The first-order valence-electron chi connectivity index (χ1n) is 8.55. The highest BCUT2D eigenvalue weighted by atomic mass is 16.5. The fourth-order valence-corrected chi connectivity index (χ4v) is 3.12. The van der Waals surface area contributed by atoms with E-state index in [0.717, 1.165) is 34.9 Å². The van der Waals surface area contributed by atoms with Gasteiger partial charge in [0.2, 0.25) is 0 Å². The minimum Gasteiger partial charge on any atom is -0.497 e. The molecule has 25 heavy (non-hydrogen) atoms. The summed E-state index contributed by atoms with van der Waals surface area (Å²) in [7, 11) is 1.65. The molecule has 1 atom stereocenters. The number of ether oxygens (including phenoxy) is 2. The van der Waals surface area contributed by atoms with E-state index in [0.29, 0.717) is 13.0 Å². The normalized spacial score (nSPS) is 17.0. The van der Waals surface area contributed by atoms with Gasteiger partial charge in [0.25, 0.3) is 0 Å². The Labute approximate surface area is 148 Å². The third kappa shape index (κ3) is 4.21. The largest absolute Gasteiger partial charge is 0.497 e. The molecule has 0 saturated heterocycles. The molecule has 2 aromatic rings. The molecule has 130 valence electrons. The molecule has 1 aliphatic carbocycles. The van der Waals surface area contributed by atoms with Crippen LogP contribution in [0, 0.1) is 0 Å². The summed E-state index contributed by atoms with van der Waals surface area (Å²) in [6, 6.07) is 15.7. The van der Waals surface area contributed by atoms with Crippen LogP contribution in [0.5, 0.6) is 11.5 Å². The predicted molar refractivity (Wildman–Crippen MR) is 99.3 cm³/mol. The van der Waals surface area contributed by atoms with Gasteiger partial charge >= 0.3 is 0 Å². The standard InChI is InChI=1S/C21H23NO3/c1-3-25-21-7-5-4-6-20(21)22-17-12-16(13-18(23)14-17)15-8-10-19(24-2)11-9-15/h4-11,14,16,22H,3,12-13H2,1-2H3. The summed E-state index contributed by atoms with van der Waals surface area (Å²) in [5.41, 5.74) is 2.96. The molecule has 0 amide bonds. The lowest BCUT2D eigenvalue weighted by molar-refractivity contribution is -0.115. The van der Waals surface area contributed by atoms with Crippen molar-refractivity contribution in [1.29, 1.82) is 0 Å². The average molecular weight is 337 g/mol. The van der Waals surface area contributed by atoms with Crippen LogP contribution in [0.4, 0.5) is 5.69 Å². The molecule has 0 aromatic heterocycles. The van der Waals surface area contributed by atoms with E-state index >= 15 is 0 Å². The highest BCUT2D eigenvalue weighted by molar-refractivity contribution is 5.92. The van der Waals surface area contributed by atoms with Crippen molar-refractivity contribution in [2.45, 2.75) is 25.7 Å². The van der Waals surface area contributed by atoms with Crippen LogP contribution in [0.1, 0.15) is 31.2 Å². The lowest BCUT2D eigenvalue weighted by atomic mass is 9.85. The summed E-state index contributed by atoms with van der Waals surface area (Å²) in [5.74, 6) is 1.93. The maximum atomic E-state index is 12.2. The van der Waals surface area contributed by atoms with Crippen molar-refractivity contribution in [3.8, 4) is 11.5 Å². The van der Waals surface area contributed by atoms with Crippen LogP contribution in [0.2, 0.25) is 0 Å². The van der Waals surface area contributed by atoms with Gasteiger partial charge in [-0.25, -0.2) is 0 Å². The molecule has 4 nitrogen and oxygen atoms in total. The number of allylic oxidation sites excluding steroid dienone is 2. The van der Waals surface area contributed by atoms with Gasteiger partial charge in [0, 0.05) is 18.2 Å². The Morgan fingerprint density at radius 1 is 1.08 bits per heavy atom. The average Bonchev–Trinajstić information content (AvgIpc) is 2.63. The van der Waals surface area contributed by atoms with Gasteiger partial charge in [-0.2, -0.15) is 0 Å². The maximum Gasteiger partial charge on any atom is 0.158 e. The molecule has 0 radical (unpaired) electrons. The van der Waals surface area contributed by atoms with Gasteiger partial charge < -0.3 is 14.8 Å². The Morgan fingerprint density at radius 2 is 1.84 bits per heavy atom. The van der Waals surface area contributed by atoms with Gasteiger partial charge in [-0.05, 0) is 49.1 Å². The van der Waals surface area contributed by atoms with E-state index in [9.17, 15) is 4.79 Å². The molecule has 0 saturated carbocycles. The molecule has 4 heteroatoms. The minimum absolute atomic E-state index is 0.142. The number of hydrogen-bond donors (Lipinski definition) is 1. The molecule has 1 N–H and O–H groups in total. The Bertz CT molecular complexity index is 765. The second kappa shape index (κ2) is 7.88. The molecule has 0 spiro atoms. The van der Waals surface area contributed by atoms with Gasteiger partial charge in [-0.1, -0.05) is 24.3 Å². The molecular formula is C21H23NO3. The minimum atomic E-state index is 0.142. The quantitative estimate of drug-likeness (QED) is 0.841. The van der Waals surface area contributed by atoms with Crippen LogP contribution >= 0.6 is 0 Å². The predicted octanol–water partition coefficient (Wildman–Crippen LogP) is 4.54. The second-order valence-electron chi connectivity index (χ2n) is 6.07. The van der Waals surface area contributed by atoms with Crippen molar-refractivity contribution in [3.63, 3.8) is 0 Å². The van der Waals surface area contributed by atoms with Crippen LogP contribution in [-0.2, 0) is 4.79 Å². The van der Waals surface area contributed by atoms with Gasteiger partial charge in [0.05, 0.1) is 19.4 Å². The third-order valence-electron chi connectivity index (χ3n) is 4.32. The highest BCUT2D eigenvalue weighted by Crippen LogP contribution is 2.34. The molecule has 0 bridgehead atoms. The zero-order valence-electron chi connectivity index (χ0n) is 14.6. The van der Waals surface area contributed by atoms with Crippen molar-refractivity contribution < 1.29 is 14.3 Å². The Balaban J connectivity index is 1.77. The molecule has 2 aromatic carbocycles. The third-order valence-corrected chi connectivity index (χ3v) is 4.32. The van der Waals surface area contributed by atoms with E-state index in [1.807, 2.05) is 55.5 Å². The van der Waals surface area contributed by atoms with Crippen molar-refractivity contribution in [3.05, 3.63) is 65.9 Å². The van der Waals surface area contributed by atoms with Crippen LogP contribution in [0.15, 0.2) is 60.3 Å². The van der Waals surface area contributed by atoms with Crippen LogP contribution in [0.25, 0.3) is 0 Å². The topological polar surface area (TPSA) is 47.6 Å². The maximum absolute atomic E-state index is 12.2. The first kappa shape index (κ1) is 17.1. The van der Waals surface area contributed by atoms with Crippen LogP contribution in [0.3, 0.4) is 0 Å². The Kier molecular flexibility index (Phi) is 5.39. The number of ketones is 1. The Morgan fingerprint density at radius 3 is 2.56 bits per heavy atom. The summed E-state index contributed by atoms with van der Waals surface area (Å²) in [5, 5.41) is 3.38. The highest BCUT2D eigenvalue weighted by Gasteiger charge is 2.23. The van der Waals surface area contributed by atoms with Crippen molar-refractivity contribution in [1.82, 2.24) is 0 Å². The van der Waals surface area contributed by atoms with Crippen LogP contribution < -0.4 is 14.8 Å². The first-order valence-corrected chi connectivity index (χ1v) is 8.55. The zero-order chi connectivity index (χ0) is 17.6. The number of carbonyl (C=O) groups excluding carboxylic acids is 1. The Hall–Kier alpha value is -2.75. The number of benzene rings is 2. The van der Waals surface area contributed by atoms with Gasteiger partial charge in [0.15, 0.2) is 5.78 Å². The zero-order valence-corrected chi connectivity index (χ0v) is 14.6. The summed E-state index contributed by atoms with van der Waals surface area (Å²) >= 11 is 0. The molecule has 0 aliphatic heterocycles. The second-order valence-corrected chi connectivity index (χ2v) is 6.07.